The molecular weight excluding hydrogens is 258 g/mol. The van der Waals surface area contributed by atoms with Gasteiger partial charge in [0.1, 0.15) is 0 Å². The molecule has 21 heavy (non-hydrogen) atoms. The summed E-state index contributed by atoms with van der Waals surface area (Å²) in [5.74, 6) is 1.47. The zero-order chi connectivity index (χ0) is 14.2. The highest BCUT2D eigenvalue weighted by molar-refractivity contribution is 5.93. The third kappa shape index (κ3) is 2.46. The molecule has 1 saturated heterocycles. The zero-order valence-electron chi connectivity index (χ0n) is 12.4. The lowest BCUT2D eigenvalue weighted by Crippen LogP contribution is -2.44. The van der Waals surface area contributed by atoms with Crippen molar-refractivity contribution in [3.8, 4) is 0 Å². The second-order valence-corrected chi connectivity index (χ2v) is 6.59. The molecule has 0 radical (unpaired) electrons. The van der Waals surface area contributed by atoms with Crippen LogP contribution < -0.4 is 10.6 Å². The molecule has 1 aliphatic heterocycles. The van der Waals surface area contributed by atoms with E-state index in [9.17, 15) is 0 Å². The zero-order valence-corrected chi connectivity index (χ0v) is 12.4. The van der Waals surface area contributed by atoms with Crippen LogP contribution in [0.3, 0.4) is 0 Å². The van der Waals surface area contributed by atoms with Crippen molar-refractivity contribution in [2.45, 2.75) is 25.7 Å². The van der Waals surface area contributed by atoms with E-state index in [1.807, 2.05) is 0 Å². The standard InChI is InChI=1S/C18H23N3/c1-12(15-9-19-10-15)21-18-11-20-17-6-5-14(8-16(17)18)7-13-3-2-4-13/h5-6,8,11,13,15,19-21H,1-4,7,9-10H2. The van der Waals surface area contributed by atoms with Gasteiger partial charge in [-0.2, -0.15) is 0 Å². The van der Waals surface area contributed by atoms with Crippen LogP contribution in [-0.4, -0.2) is 18.1 Å². The van der Waals surface area contributed by atoms with Crippen molar-refractivity contribution >= 4 is 16.6 Å². The van der Waals surface area contributed by atoms with Gasteiger partial charge in [0.25, 0.3) is 0 Å². The van der Waals surface area contributed by atoms with E-state index in [-0.39, 0.29) is 0 Å². The van der Waals surface area contributed by atoms with Crippen LogP contribution in [0.5, 0.6) is 0 Å². The van der Waals surface area contributed by atoms with Gasteiger partial charge in [-0.3, -0.25) is 0 Å². The summed E-state index contributed by atoms with van der Waals surface area (Å²) in [5, 5.41) is 8.10. The molecule has 110 valence electrons. The minimum atomic E-state index is 0.563. The molecule has 0 unspecified atom stereocenters. The molecule has 3 nitrogen and oxygen atoms in total. The maximum Gasteiger partial charge on any atom is 0.0639 e. The number of H-pyrrole nitrogens is 1. The van der Waals surface area contributed by atoms with Crippen LogP contribution in [0.1, 0.15) is 24.8 Å². The number of fused-ring (bicyclic) bond motifs is 1. The van der Waals surface area contributed by atoms with E-state index in [4.69, 9.17) is 0 Å². The molecule has 1 aromatic heterocycles. The summed E-state index contributed by atoms with van der Waals surface area (Å²) in [6, 6.07) is 6.83. The Bertz CT molecular complexity index is 662. The molecule has 0 bridgehead atoms. The van der Waals surface area contributed by atoms with E-state index in [1.54, 1.807) is 0 Å². The normalized spacial score (nSPS) is 19.2. The smallest absolute Gasteiger partial charge is 0.0639 e. The Balaban J connectivity index is 1.56. The van der Waals surface area contributed by atoms with E-state index in [0.717, 1.165) is 30.4 Å². The third-order valence-electron chi connectivity index (χ3n) is 5.06. The lowest BCUT2D eigenvalue weighted by molar-refractivity contribution is 0.314. The molecule has 2 aromatic rings. The SMILES string of the molecule is C=C(Nc1c[nH]c2ccc(CC3CCC3)cc12)C1CNC1. The summed E-state index contributed by atoms with van der Waals surface area (Å²) in [4.78, 5) is 3.36. The highest BCUT2D eigenvalue weighted by Gasteiger charge is 2.21. The van der Waals surface area contributed by atoms with Crippen molar-refractivity contribution in [3.63, 3.8) is 0 Å². The van der Waals surface area contributed by atoms with Crippen molar-refractivity contribution in [2.75, 3.05) is 18.4 Å². The monoisotopic (exact) mass is 281 g/mol. The number of hydrogen-bond donors (Lipinski definition) is 3. The molecule has 0 atom stereocenters. The van der Waals surface area contributed by atoms with Crippen LogP contribution >= 0.6 is 0 Å². The molecule has 1 aromatic carbocycles. The highest BCUT2D eigenvalue weighted by Crippen LogP contribution is 2.32. The molecule has 2 aliphatic rings. The molecule has 2 fully saturated rings. The second kappa shape index (κ2) is 5.23. The number of hydrogen-bond acceptors (Lipinski definition) is 2. The van der Waals surface area contributed by atoms with Gasteiger partial charge in [-0.25, -0.2) is 0 Å². The number of benzene rings is 1. The summed E-state index contributed by atoms with van der Waals surface area (Å²) < 4.78 is 0. The van der Waals surface area contributed by atoms with Gasteiger partial charge in [0.2, 0.25) is 0 Å². The van der Waals surface area contributed by atoms with Gasteiger partial charge in [0.05, 0.1) is 5.69 Å². The molecule has 3 heteroatoms. The number of rotatable bonds is 5. The van der Waals surface area contributed by atoms with Crippen molar-refractivity contribution in [2.24, 2.45) is 11.8 Å². The average molecular weight is 281 g/mol. The molecule has 4 rings (SSSR count). The van der Waals surface area contributed by atoms with E-state index < -0.39 is 0 Å². The summed E-state index contributed by atoms with van der Waals surface area (Å²) >= 11 is 0. The van der Waals surface area contributed by atoms with Crippen LogP contribution in [0.15, 0.2) is 36.7 Å². The Morgan fingerprint density at radius 1 is 1.29 bits per heavy atom. The van der Waals surface area contributed by atoms with Crippen LogP contribution in [0.25, 0.3) is 10.9 Å². The maximum absolute atomic E-state index is 4.19. The van der Waals surface area contributed by atoms with Crippen LogP contribution in [0, 0.1) is 11.8 Å². The van der Waals surface area contributed by atoms with E-state index >= 15 is 0 Å². The largest absolute Gasteiger partial charge is 0.359 e. The topological polar surface area (TPSA) is 39.9 Å². The van der Waals surface area contributed by atoms with Crippen LogP contribution in [0.4, 0.5) is 5.69 Å². The Labute approximate surface area is 125 Å². The molecule has 3 N–H and O–H groups in total. The van der Waals surface area contributed by atoms with Crippen LogP contribution in [0.2, 0.25) is 0 Å². The minimum Gasteiger partial charge on any atom is -0.359 e. The number of nitrogens with one attached hydrogen (secondary N) is 3. The van der Waals surface area contributed by atoms with Gasteiger partial charge in [-0.05, 0) is 30.0 Å². The first-order valence-corrected chi connectivity index (χ1v) is 8.06. The third-order valence-corrected chi connectivity index (χ3v) is 5.06. The first-order valence-electron chi connectivity index (χ1n) is 8.06. The van der Waals surface area contributed by atoms with E-state index in [0.29, 0.717) is 5.92 Å². The van der Waals surface area contributed by atoms with Crippen molar-refractivity contribution < 1.29 is 0 Å². The van der Waals surface area contributed by atoms with E-state index in [2.05, 4.69) is 46.6 Å². The first kappa shape index (κ1) is 13.0. The van der Waals surface area contributed by atoms with Gasteiger partial charge in [0.15, 0.2) is 0 Å². The molecule has 0 amide bonds. The molecular formula is C18H23N3. The quantitative estimate of drug-likeness (QED) is 0.783. The summed E-state index contributed by atoms with van der Waals surface area (Å²) in [6.45, 7) is 6.27. The van der Waals surface area contributed by atoms with Gasteiger partial charge in [0, 0.05) is 41.8 Å². The lowest BCUT2D eigenvalue weighted by atomic mass is 9.81. The van der Waals surface area contributed by atoms with Crippen LogP contribution in [-0.2, 0) is 6.42 Å². The Hall–Kier alpha value is -1.74. The van der Waals surface area contributed by atoms with Crippen molar-refractivity contribution in [1.82, 2.24) is 10.3 Å². The van der Waals surface area contributed by atoms with Crippen molar-refractivity contribution in [1.29, 1.82) is 0 Å². The van der Waals surface area contributed by atoms with Crippen molar-refractivity contribution in [3.05, 3.63) is 42.2 Å². The number of anilines is 1. The fourth-order valence-electron chi connectivity index (χ4n) is 3.24. The summed E-state index contributed by atoms with van der Waals surface area (Å²) in [5.41, 5.74) is 4.96. The first-order chi connectivity index (χ1) is 10.3. The maximum atomic E-state index is 4.19. The minimum absolute atomic E-state index is 0.563. The Morgan fingerprint density at radius 3 is 2.81 bits per heavy atom. The summed E-state index contributed by atoms with van der Waals surface area (Å²) in [7, 11) is 0. The van der Waals surface area contributed by atoms with E-state index in [1.165, 1.54) is 42.1 Å². The number of aromatic nitrogens is 1. The fraction of sp³-hybridized carbons (Fsp3) is 0.444. The fourth-order valence-corrected chi connectivity index (χ4v) is 3.24. The van der Waals surface area contributed by atoms with Gasteiger partial charge < -0.3 is 15.6 Å². The predicted molar refractivity (Wildman–Crippen MR) is 88.5 cm³/mol. The summed E-state index contributed by atoms with van der Waals surface area (Å²) in [6.07, 6.45) is 7.52. The highest BCUT2D eigenvalue weighted by atomic mass is 15.0. The molecule has 2 heterocycles. The molecule has 1 saturated carbocycles. The lowest BCUT2D eigenvalue weighted by Gasteiger charge is -2.29. The number of aromatic amines is 1. The second-order valence-electron chi connectivity index (χ2n) is 6.59. The van der Waals surface area contributed by atoms with Gasteiger partial charge >= 0.3 is 0 Å². The van der Waals surface area contributed by atoms with Gasteiger partial charge in [-0.15, -0.1) is 0 Å². The Kier molecular flexibility index (Phi) is 3.23. The average Bonchev–Trinajstić information content (AvgIpc) is 2.74. The molecule has 0 spiro atoms. The predicted octanol–water partition coefficient (Wildman–Crippen LogP) is 3.66. The Morgan fingerprint density at radius 2 is 2.14 bits per heavy atom. The molecule has 1 aliphatic carbocycles. The van der Waals surface area contributed by atoms with Gasteiger partial charge in [-0.1, -0.05) is 31.9 Å².